The molecule has 114 valence electrons. The van der Waals surface area contributed by atoms with Crippen molar-refractivity contribution in [2.45, 2.75) is 25.9 Å². The van der Waals surface area contributed by atoms with Gasteiger partial charge in [0.2, 0.25) is 0 Å². The number of carbonyl (C=O) groups excluding carboxylic acids is 1. The SMILES string of the molecule is Cc1cc(C(=O)N2Cc3cccc(Br)c3CC2C(=O)O)n[nH]1. The first-order chi connectivity index (χ1) is 10.5. The zero-order valence-electron chi connectivity index (χ0n) is 11.8. The van der Waals surface area contributed by atoms with E-state index >= 15 is 0 Å². The molecule has 0 bridgehead atoms. The minimum absolute atomic E-state index is 0.238. The van der Waals surface area contributed by atoms with Gasteiger partial charge in [0, 0.05) is 23.1 Å². The van der Waals surface area contributed by atoms with E-state index in [1.54, 1.807) is 13.0 Å². The van der Waals surface area contributed by atoms with Crippen molar-refractivity contribution in [1.29, 1.82) is 0 Å². The van der Waals surface area contributed by atoms with Crippen LogP contribution in [-0.2, 0) is 17.8 Å². The lowest BCUT2D eigenvalue weighted by Crippen LogP contribution is -2.48. The van der Waals surface area contributed by atoms with Crippen LogP contribution in [0, 0.1) is 6.92 Å². The van der Waals surface area contributed by atoms with Gasteiger partial charge in [0.1, 0.15) is 11.7 Å². The molecule has 1 unspecified atom stereocenters. The molecule has 1 aliphatic heterocycles. The van der Waals surface area contributed by atoms with E-state index in [-0.39, 0.29) is 24.6 Å². The highest BCUT2D eigenvalue weighted by molar-refractivity contribution is 9.10. The van der Waals surface area contributed by atoms with Crippen molar-refractivity contribution < 1.29 is 14.7 Å². The Morgan fingerprint density at radius 2 is 2.23 bits per heavy atom. The molecule has 1 amide bonds. The molecule has 2 heterocycles. The van der Waals surface area contributed by atoms with Gasteiger partial charge in [-0.25, -0.2) is 4.79 Å². The number of aromatic nitrogens is 2. The number of amides is 1. The Morgan fingerprint density at radius 3 is 2.86 bits per heavy atom. The summed E-state index contributed by atoms with van der Waals surface area (Å²) in [4.78, 5) is 25.5. The molecule has 7 heteroatoms. The molecule has 0 radical (unpaired) electrons. The molecule has 0 aliphatic carbocycles. The molecule has 1 atom stereocenters. The van der Waals surface area contributed by atoms with Gasteiger partial charge >= 0.3 is 5.97 Å². The molecule has 3 rings (SSSR count). The molecule has 0 saturated heterocycles. The average molecular weight is 364 g/mol. The number of carboxylic acid groups (broad SMARTS) is 1. The van der Waals surface area contributed by atoms with E-state index < -0.39 is 12.0 Å². The van der Waals surface area contributed by atoms with Crippen LogP contribution in [0.4, 0.5) is 0 Å². The largest absolute Gasteiger partial charge is 0.480 e. The van der Waals surface area contributed by atoms with Gasteiger partial charge in [0.25, 0.3) is 5.91 Å². The predicted molar refractivity (Wildman–Crippen MR) is 82.5 cm³/mol. The van der Waals surface area contributed by atoms with Crippen LogP contribution in [0.2, 0.25) is 0 Å². The van der Waals surface area contributed by atoms with E-state index in [1.165, 1.54) is 4.90 Å². The van der Waals surface area contributed by atoms with Crippen LogP contribution >= 0.6 is 15.9 Å². The maximum absolute atomic E-state index is 12.6. The molecule has 6 nitrogen and oxygen atoms in total. The molecule has 2 N–H and O–H groups in total. The summed E-state index contributed by atoms with van der Waals surface area (Å²) in [5.41, 5.74) is 2.89. The summed E-state index contributed by atoms with van der Waals surface area (Å²) < 4.78 is 0.874. The molecule has 1 aliphatic rings. The highest BCUT2D eigenvalue weighted by Gasteiger charge is 2.36. The number of nitrogens with one attached hydrogen (secondary N) is 1. The topological polar surface area (TPSA) is 86.3 Å². The van der Waals surface area contributed by atoms with E-state index in [0.717, 1.165) is 21.3 Å². The van der Waals surface area contributed by atoms with Crippen molar-refractivity contribution in [3.8, 4) is 0 Å². The number of benzene rings is 1. The fourth-order valence-electron chi connectivity index (χ4n) is 2.69. The second-order valence-electron chi connectivity index (χ2n) is 5.30. The number of hydrogen-bond acceptors (Lipinski definition) is 3. The number of aromatic amines is 1. The number of hydrogen-bond donors (Lipinski definition) is 2. The van der Waals surface area contributed by atoms with Crippen LogP contribution < -0.4 is 0 Å². The van der Waals surface area contributed by atoms with Gasteiger partial charge in [0.15, 0.2) is 0 Å². The van der Waals surface area contributed by atoms with E-state index in [4.69, 9.17) is 0 Å². The summed E-state index contributed by atoms with van der Waals surface area (Å²) in [5.74, 6) is -1.38. The molecule has 2 aromatic rings. The van der Waals surface area contributed by atoms with Gasteiger partial charge in [0.05, 0.1) is 0 Å². The van der Waals surface area contributed by atoms with Gasteiger partial charge in [-0.15, -0.1) is 0 Å². The normalized spacial score (nSPS) is 17.2. The molecule has 1 aromatic carbocycles. The van der Waals surface area contributed by atoms with E-state index in [0.29, 0.717) is 0 Å². The monoisotopic (exact) mass is 363 g/mol. The number of carbonyl (C=O) groups is 2. The zero-order chi connectivity index (χ0) is 15.9. The Bertz CT molecular complexity index is 756. The maximum Gasteiger partial charge on any atom is 0.326 e. The van der Waals surface area contributed by atoms with E-state index in [2.05, 4.69) is 26.1 Å². The van der Waals surface area contributed by atoms with Gasteiger partial charge < -0.3 is 10.0 Å². The number of halogens is 1. The molecule has 22 heavy (non-hydrogen) atoms. The molecule has 1 aromatic heterocycles. The smallest absolute Gasteiger partial charge is 0.326 e. The lowest BCUT2D eigenvalue weighted by atomic mass is 9.93. The van der Waals surface area contributed by atoms with Gasteiger partial charge in [-0.2, -0.15) is 5.10 Å². The van der Waals surface area contributed by atoms with Crippen molar-refractivity contribution in [2.24, 2.45) is 0 Å². The molecule has 0 spiro atoms. The minimum atomic E-state index is -1.01. The van der Waals surface area contributed by atoms with Crippen LogP contribution in [-0.4, -0.2) is 38.1 Å². The standard InChI is InChI=1S/C15H14BrN3O3/c1-8-5-12(18-17-8)14(20)19-7-9-3-2-4-11(16)10(9)6-13(19)15(21)22/h2-5,13H,6-7H2,1H3,(H,17,18)(H,21,22). The number of H-pyrrole nitrogens is 1. The summed E-state index contributed by atoms with van der Waals surface area (Å²) in [6, 6.07) is 6.40. The summed E-state index contributed by atoms with van der Waals surface area (Å²) in [6.45, 7) is 2.05. The number of aliphatic carboxylic acids is 1. The number of aryl methyl sites for hydroxylation is 1. The van der Waals surface area contributed by atoms with Crippen LogP contribution in [0.1, 0.15) is 27.3 Å². The van der Waals surface area contributed by atoms with Crippen LogP contribution in [0.15, 0.2) is 28.7 Å². The summed E-state index contributed by atoms with van der Waals surface area (Å²) in [6.07, 6.45) is 0.279. The second kappa shape index (κ2) is 5.57. The lowest BCUT2D eigenvalue weighted by molar-refractivity contribution is -0.142. The van der Waals surface area contributed by atoms with Gasteiger partial charge in [-0.3, -0.25) is 9.89 Å². The number of carboxylic acids is 1. The van der Waals surface area contributed by atoms with Crippen molar-refractivity contribution >= 4 is 27.8 Å². The molecular weight excluding hydrogens is 350 g/mol. The van der Waals surface area contributed by atoms with Crippen LogP contribution in [0.25, 0.3) is 0 Å². The van der Waals surface area contributed by atoms with Crippen LogP contribution in [0.3, 0.4) is 0 Å². The number of nitrogens with zero attached hydrogens (tertiary/aromatic N) is 2. The Kier molecular flexibility index (Phi) is 3.74. The molecular formula is C15H14BrN3O3. The maximum atomic E-state index is 12.6. The fraction of sp³-hybridized carbons (Fsp3) is 0.267. The van der Waals surface area contributed by atoms with Crippen molar-refractivity contribution in [3.05, 3.63) is 51.3 Å². The quantitative estimate of drug-likeness (QED) is 0.855. The van der Waals surface area contributed by atoms with Crippen molar-refractivity contribution in [1.82, 2.24) is 15.1 Å². The van der Waals surface area contributed by atoms with Crippen LogP contribution in [0.5, 0.6) is 0 Å². The fourth-order valence-corrected chi connectivity index (χ4v) is 3.26. The second-order valence-corrected chi connectivity index (χ2v) is 6.16. The Balaban J connectivity index is 1.99. The third kappa shape index (κ3) is 2.52. The first-order valence-electron chi connectivity index (χ1n) is 6.79. The average Bonchev–Trinajstić information content (AvgIpc) is 2.92. The highest BCUT2D eigenvalue weighted by atomic mass is 79.9. The first-order valence-corrected chi connectivity index (χ1v) is 7.58. The Hall–Kier alpha value is -2.15. The summed E-state index contributed by atoms with van der Waals surface area (Å²) in [7, 11) is 0. The molecule has 0 fully saturated rings. The minimum Gasteiger partial charge on any atom is -0.480 e. The third-order valence-electron chi connectivity index (χ3n) is 3.80. The predicted octanol–water partition coefficient (Wildman–Crippen LogP) is 2.13. The van der Waals surface area contributed by atoms with Crippen molar-refractivity contribution in [3.63, 3.8) is 0 Å². The summed E-state index contributed by atoms with van der Waals surface area (Å²) in [5, 5.41) is 16.1. The van der Waals surface area contributed by atoms with Crippen molar-refractivity contribution in [2.75, 3.05) is 0 Å². The number of fused-ring (bicyclic) bond motifs is 1. The number of rotatable bonds is 2. The van der Waals surface area contributed by atoms with E-state index in [9.17, 15) is 14.7 Å². The Morgan fingerprint density at radius 1 is 1.45 bits per heavy atom. The van der Waals surface area contributed by atoms with Gasteiger partial charge in [-0.05, 0) is 30.2 Å². The molecule has 0 saturated carbocycles. The summed E-state index contributed by atoms with van der Waals surface area (Å²) >= 11 is 3.45. The first kappa shape index (κ1) is 14.8. The third-order valence-corrected chi connectivity index (χ3v) is 4.54. The Labute approximate surface area is 135 Å². The lowest BCUT2D eigenvalue weighted by Gasteiger charge is -2.34. The van der Waals surface area contributed by atoms with Gasteiger partial charge in [-0.1, -0.05) is 28.1 Å². The van der Waals surface area contributed by atoms with E-state index in [1.807, 2.05) is 18.2 Å². The highest BCUT2D eigenvalue weighted by Crippen LogP contribution is 2.30. The zero-order valence-corrected chi connectivity index (χ0v) is 13.4.